The molecule has 0 saturated heterocycles. The molecule has 2 aromatic carbocycles. The molecule has 0 bridgehead atoms. The molecule has 3 rings (SSSR count). The zero-order valence-electron chi connectivity index (χ0n) is 19.4. The molecule has 0 unspecified atom stereocenters. The maximum absolute atomic E-state index is 5.71. The Balaban J connectivity index is 1.42. The third-order valence-electron chi connectivity index (χ3n) is 6.33. The first kappa shape index (κ1) is 23.2. The molecule has 1 nitrogen and oxygen atoms in total. The van der Waals surface area contributed by atoms with Crippen molar-refractivity contribution in [2.75, 3.05) is 6.61 Å². The summed E-state index contributed by atoms with van der Waals surface area (Å²) in [6.45, 7) is 5.22. The molecule has 1 aliphatic rings. The van der Waals surface area contributed by atoms with Crippen LogP contribution in [0.1, 0.15) is 87.8 Å². The van der Waals surface area contributed by atoms with E-state index in [1.54, 1.807) is 0 Å². The van der Waals surface area contributed by atoms with Crippen LogP contribution in [-0.2, 0) is 6.42 Å². The van der Waals surface area contributed by atoms with E-state index in [2.05, 4.69) is 62.1 Å². The van der Waals surface area contributed by atoms with Crippen molar-refractivity contribution in [2.45, 2.75) is 77.6 Å². The molecule has 31 heavy (non-hydrogen) atoms. The summed E-state index contributed by atoms with van der Waals surface area (Å²) in [7, 11) is 0. The molecule has 1 fully saturated rings. The topological polar surface area (TPSA) is 9.23 Å². The first-order valence-corrected chi connectivity index (χ1v) is 12.3. The fourth-order valence-electron chi connectivity index (χ4n) is 4.26. The molecule has 2 aromatic rings. The lowest BCUT2D eigenvalue weighted by Crippen LogP contribution is -2.11. The lowest BCUT2D eigenvalue weighted by Gasteiger charge is -2.27. The average molecular weight is 415 g/mol. The molecular weight excluding hydrogens is 376 g/mol. The second kappa shape index (κ2) is 13.1. The highest BCUT2D eigenvalue weighted by atomic mass is 16.5. The molecule has 0 aromatic heterocycles. The summed E-state index contributed by atoms with van der Waals surface area (Å²) in [4.78, 5) is 0. The van der Waals surface area contributed by atoms with Gasteiger partial charge in [0.05, 0.1) is 6.61 Å². The van der Waals surface area contributed by atoms with Crippen molar-refractivity contribution in [2.24, 2.45) is 5.92 Å². The summed E-state index contributed by atoms with van der Waals surface area (Å²) in [6.07, 6.45) is 15.5. The number of ether oxygens (including phenoxy) is 1. The van der Waals surface area contributed by atoms with Gasteiger partial charge in [0.25, 0.3) is 0 Å². The van der Waals surface area contributed by atoms with E-state index in [0.717, 1.165) is 36.7 Å². The molecule has 1 aliphatic carbocycles. The number of benzene rings is 2. The van der Waals surface area contributed by atoms with Crippen LogP contribution >= 0.6 is 0 Å². The molecule has 0 spiro atoms. The molecular formula is C30H38O. The minimum atomic E-state index is 0.670. The van der Waals surface area contributed by atoms with Gasteiger partial charge in [0.2, 0.25) is 0 Å². The Morgan fingerprint density at radius 3 is 2.26 bits per heavy atom. The lowest BCUT2D eigenvalue weighted by atomic mass is 9.78. The van der Waals surface area contributed by atoms with Gasteiger partial charge in [-0.2, -0.15) is 0 Å². The minimum absolute atomic E-state index is 0.670. The van der Waals surface area contributed by atoms with Gasteiger partial charge in [-0.25, -0.2) is 0 Å². The van der Waals surface area contributed by atoms with Crippen LogP contribution in [0, 0.1) is 17.8 Å². The Bertz CT molecular complexity index is 840. The van der Waals surface area contributed by atoms with E-state index in [0.29, 0.717) is 5.92 Å². The average Bonchev–Trinajstić information content (AvgIpc) is 2.82. The molecule has 0 aliphatic heterocycles. The van der Waals surface area contributed by atoms with Crippen LogP contribution in [0.2, 0.25) is 0 Å². The van der Waals surface area contributed by atoms with Gasteiger partial charge in [-0.3, -0.25) is 0 Å². The number of unbranched alkanes of at least 4 members (excludes halogenated alkanes) is 2. The van der Waals surface area contributed by atoms with Gasteiger partial charge in [-0.15, -0.1) is 0 Å². The van der Waals surface area contributed by atoms with Crippen LogP contribution in [0.25, 0.3) is 0 Å². The monoisotopic (exact) mass is 414 g/mol. The van der Waals surface area contributed by atoms with E-state index in [-0.39, 0.29) is 0 Å². The number of rotatable bonds is 9. The van der Waals surface area contributed by atoms with Crippen LogP contribution < -0.4 is 4.74 Å². The second-order valence-electron chi connectivity index (χ2n) is 8.81. The highest BCUT2D eigenvalue weighted by Gasteiger charge is 2.20. The Morgan fingerprint density at radius 2 is 1.58 bits per heavy atom. The van der Waals surface area contributed by atoms with Gasteiger partial charge in [0, 0.05) is 5.56 Å². The summed E-state index contributed by atoms with van der Waals surface area (Å²) >= 11 is 0. The smallest absolute Gasteiger partial charge is 0.119 e. The van der Waals surface area contributed by atoms with Crippen LogP contribution in [0.3, 0.4) is 0 Å². The minimum Gasteiger partial charge on any atom is -0.494 e. The highest BCUT2D eigenvalue weighted by Crippen LogP contribution is 2.36. The van der Waals surface area contributed by atoms with Crippen LogP contribution in [0.5, 0.6) is 5.75 Å². The van der Waals surface area contributed by atoms with Crippen LogP contribution in [0.4, 0.5) is 0 Å². The summed E-state index contributed by atoms with van der Waals surface area (Å²) in [5.41, 5.74) is 4.06. The maximum atomic E-state index is 5.71. The second-order valence-corrected chi connectivity index (χ2v) is 8.81. The predicted molar refractivity (Wildman–Crippen MR) is 133 cm³/mol. The molecule has 0 atom stereocenters. The summed E-state index contributed by atoms with van der Waals surface area (Å²) in [5, 5.41) is 0. The summed E-state index contributed by atoms with van der Waals surface area (Å²) in [5.74, 6) is 8.79. The van der Waals surface area contributed by atoms with Crippen molar-refractivity contribution in [3.8, 4) is 17.6 Å². The van der Waals surface area contributed by atoms with Gasteiger partial charge < -0.3 is 4.74 Å². The van der Waals surface area contributed by atoms with Gasteiger partial charge in [0.1, 0.15) is 5.75 Å². The summed E-state index contributed by atoms with van der Waals surface area (Å²) in [6, 6.07) is 17.5. The van der Waals surface area contributed by atoms with Crippen LogP contribution in [-0.4, -0.2) is 6.61 Å². The number of allylic oxidation sites excluding steroid dienone is 2. The van der Waals surface area contributed by atoms with Crippen molar-refractivity contribution in [1.29, 1.82) is 0 Å². The van der Waals surface area contributed by atoms with E-state index in [9.17, 15) is 0 Å². The third-order valence-corrected chi connectivity index (χ3v) is 6.33. The van der Waals surface area contributed by atoms with Crippen LogP contribution in [0.15, 0.2) is 60.7 Å². The normalized spacial score (nSPS) is 18.5. The fourth-order valence-corrected chi connectivity index (χ4v) is 4.26. The SMILES string of the molecule is CCCCOc1ccc(C#C/C=C/[C@H]2CC[C@H](c3ccc(CCCC)cc3)CC2)cc1. The molecule has 1 heteroatoms. The van der Waals surface area contributed by atoms with Gasteiger partial charge in [-0.1, -0.05) is 68.9 Å². The molecule has 0 N–H and O–H groups in total. The molecule has 1 saturated carbocycles. The Hall–Kier alpha value is -2.46. The first-order chi connectivity index (χ1) is 15.3. The highest BCUT2D eigenvalue weighted by molar-refractivity contribution is 5.40. The maximum Gasteiger partial charge on any atom is 0.119 e. The van der Waals surface area contributed by atoms with Crippen molar-refractivity contribution in [1.82, 2.24) is 0 Å². The predicted octanol–water partition coefficient (Wildman–Crippen LogP) is 8.09. The summed E-state index contributed by atoms with van der Waals surface area (Å²) < 4.78 is 5.71. The zero-order valence-corrected chi connectivity index (χ0v) is 19.4. The zero-order chi connectivity index (χ0) is 21.7. The lowest BCUT2D eigenvalue weighted by molar-refractivity contribution is 0.309. The molecule has 164 valence electrons. The van der Waals surface area contributed by atoms with Gasteiger partial charge >= 0.3 is 0 Å². The van der Waals surface area contributed by atoms with Crippen molar-refractivity contribution in [3.05, 3.63) is 77.4 Å². The van der Waals surface area contributed by atoms with Gasteiger partial charge in [0.15, 0.2) is 0 Å². The third kappa shape index (κ3) is 7.95. The largest absolute Gasteiger partial charge is 0.494 e. The van der Waals surface area contributed by atoms with E-state index in [1.165, 1.54) is 56.1 Å². The van der Waals surface area contributed by atoms with E-state index >= 15 is 0 Å². The first-order valence-electron chi connectivity index (χ1n) is 12.3. The van der Waals surface area contributed by atoms with Crippen molar-refractivity contribution >= 4 is 0 Å². The van der Waals surface area contributed by atoms with Crippen molar-refractivity contribution < 1.29 is 4.74 Å². The number of hydrogen-bond donors (Lipinski definition) is 0. The number of aryl methyl sites for hydroxylation is 1. The van der Waals surface area contributed by atoms with E-state index < -0.39 is 0 Å². The standard InChI is InChI=1S/C30H38O/c1-3-5-9-25-12-18-28(19-13-25)29-20-14-26(15-21-29)10-7-8-11-27-16-22-30(23-17-27)31-24-6-4-2/h7,10,12-13,16-19,22-23,26,29H,3-6,9,14-15,20-21,24H2,1-2H3/b10-7+/t26-,29-. The van der Waals surface area contributed by atoms with Gasteiger partial charge in [-0.05, 0) is 98.2 Å². The molecule has 0 radical (unpaired) electrons. The van der Waals surface area contributed by atoms with E-state index in [1.807, 2.05) is 24.3 Å². The Morgan fingerprint density at radius 1 is 0.871 bits per heavy atom. The van der Waals surface area contributed by atoms with E-state index in [4.69, 9.17) is 4.74 Å². The Kier molecular flexibility index (Phi) is 9.78. The number of hydrogen-bond acceptors (Lipinski definition) is 1. The Labute approximate surface area is 189 Å². The quantitative estimate of drug-likeness (QED) is 0.297. The molecule has 0 amide bonds. The fraction of sp³-hybridized carbons (Fsp3) is 0.467. The molecule has 0 heterocycles. The van der Waals surface area contributed by atoms with Crippen molar-refractivity contribution in [3.63, 3.8) is 0 Å².